The number of carbonyl (C=O) groups excluding carboxylic acids is 1. The molecule has 1 aromatic heterocycles. The Morgan fingerprint density at radius 2 is 1.95 bits per heavy atom. The molecule has 1 fully saturated rings. The molecule has 1 heterocycles. The highest BCUT2D eigenvalue weighted by atomic mass is 16.5. The Hall–Kier alpha value is -1.89. The van der Waals surface area contributed by atoms with Crippen molar-refractivity contribution in [3.63, 3.8) is 0 Å². The molecule has 3 N–H and O–H groups in total. The lowest BCUT2D eigenvalue weighted by molar-refractivity contribution is -0.129. The Bertz CT molecular complexity index is 446. The summed E-state index contributed by atoms with van der Waals surface area (Å²) in [5.41, 5.74) is 5.21. The van der Waals surface area contributed by atoms with Gasteiger partial charge in [-0.25, -0.2) is 0 Å². The third-order valence-corrected chi connectivity index (χ3v) is 3.51. The van der Waals surface area contributed by atoms with Crippen molar-refractivity contribution in [1.29, 1.82) is 0 Å². The van der Waals surface area contributed by atoms with Crippen LogP contribution >= 0.6 is 0 Å². The summed E-state index contributed by atoms with van der Waals surface area (Å²) in [6, 6.07) is 1.54. The average molecular weight is 266 g/mol. The number of hydrogen-bond acceptors (Lipinski definition) is 6. The summed E-state index contributed by atoms with van der Waals surface area (Å²) >= 11 is 0. The molecule has 1 aliphatic carbocycles. The number of nitrogens with zero attached hydrogens (tertiary/aromatic N) is 2. The summed E-state index contributed by atoms with van der Waals surface area (Å²) in [6.07, 6.45) is 2.62. The Morgan fingerprint density at radius 1 is 1.37 bits per heavy atom. The lowest BCUT2D eigenvalue weighted by Gasteiger charge is -2.38. The molecule has 0 spiro atoms. The van der Waals surface area contributed by atoms with Gasteiger partial charge in [0.25, 0.3) is 0 Å². The van der Waals surface area contributed by atoms with Gasteiger partial charge in [-0.2, -0.15) is 9.97 Å². The number of nitrogens with one attached hydrogen (secondary N) is 1. The fourth-order valence-electron chi connectivity index (χ4n) is 2.03. The third kappa shape index (κ3) is 2.60. The van der Waals surface area contributed by atoms with Gasteiger partial charge >= 0.3 is 0 Å². The molecule has 0 bridgehead atoms. The van der Waals surface area contributed by atoms with E-state index in [0.29, 0.717) is 18.3 Å². The second kappa shape index (κ2) is 5.40. The molecule has 2 rings (SSSR count). The molecular weight excluding hydrogens is 248 g/mol. The molecular formula is C12H18N4O3. The SMILES string of the molecule is COc1cc(OC)nc(NC(=O)C2(CN)CCC2)n1. The van der Waals surface area contributed by atoms with E-state index in [4.69, 9.17) is 15.2 Å². The molecule has 0 unspecified atom stereocenters. The molecule has 1 aromatic rings. The molecule has 0 atom stereocenters. The van der Waals surface area contributed by atoms with Crippen LogP contribution in [0.25, 0.3) is 0 Å². The van der Waals surface area contributed by atoms with E-state index in [-0.39, 0.29) is 11.9 Å². The van der Waals surface area contributed by atoms with Gasteiger partial charge in [-0.05, 0) is 12.8 Å². The summed E-state index contributed by atoms with van der Waals surface area (Å²) < 4.78 is 10.0. The quantitative estimate of drug-likeness (QED) is 0.808. The standard InChI is InChI=1S/C12H18N4O3/c1-18-8-6-9(19-2)15-11(14-8)16-10(17)12(7-13)4-3-5-12/h6H,3-5,7,13H2,1-2H3,(H,14,15,16,17). The first kappa shape index (κ1) is 13.5. The first-order chi connectivity index (χ1) is 9.13. The van der Waals surface area contributed by atoms with Gasteiger partial charge in [0.15, 0.2) is 0 Å². The maximum atomic E-state index is 12.2. The molecule has 7 nitrogen and oxygen atoms in total. The number of ether oxygens (including phenoxy) is 2. The number of aromatic nitrogens is 2. The average Bonchev–Trinajstić information content (AvgIpc) is 2.37. The number of rotatable bonds is 5. The highest BCUT2D eigenvalue weighted by molar-refractivity contribution is 5.94. The molecule has 1 saturated carbocycles. The van der Waals surface area contributed by atoms with E-state index in [1.54, 1.807) is 0 Å². The number of anilines is 1. The van der Waals surface area contributed by atoms with Crippen molar-refractivity contribution >= 4 is 11.9 Å². The maximum absolute atomic E-state index is 12.2. The van der Waals surface area contributed by atoms with E-state index >= 15 is 0 Å². The van der Waals surface area contributed by atoms with Crippen molar-refractivity contribution in [3.05, 3.63) is 6.07 Å². The molecule has 1 amide bonds. The summed E-state index contributed by atoms with van der Waals surface area (Å²) in [4.78, 5) is 20.3. The van der Waals surface area contributed by atoms with Crippen LogP contribution in [0.1, 0.15) is 19.3 Å². The molecule has 7 heteroatoms. The molecule has 19 heavy (non-hydrogen) atoms. The van der Waals surface area contributed by atoms with E-state index in [1.165, 1.54) is 20.3 Å². The second-order valence-electron chi connectivity index (χ2n) is 4.57. The van der Waals surface area contributed by atoms with Gasteiger partial charge in [-0.3, -0.25) is 10.1 Å². The predicted octanol–water partition coefficient (Wildman–Crippen LogP) is 0.561. The number of nitrogens with two attached hydrogens (primary N) is 1. The van der Waals surface area contributed by atoms with Crippen molar-refractivity contribution in [2.24, 2.45) is 11.1 Å². The van der Waals surface area contributed by atoms with Gasteiger partial charge in [-0.1, -0.05) is 6.42 Å². The van der Waals surface area contributed by atoms with Crippen molar-refractivity contribution < 1.29 is 14.3 Å². The number of amides is 1. The monoisotopic (exact) mass is 266 g/mol. The topological polar surface area (TPSA) is 99.4 Å². The van der Waals surface area contributed by atoms with E-state index in [2.05, 4.69) is 15.3 Å². The first-order valence-corrected chi connectivity index (χ1v) is 6.12. The van der Waals surface area contributed by atoms with Crippen molar-refractivity contribution in [2.75, 3.05) is 26.1 Å². The summed E-state index contributed by atoms with van der Waals surface area (Å²) in [5.74, 6) is 0.688. The first-order valence-electron chi connectivity index (χ1n) is 6.12. The lowest BCUT2D eigenvalue weighted by Crippen LogP contribution is -2.47. The van der Waals surface area contributed by atoms with Crippen LogP contribution in [-0.2, 0) is 4.79 Å². The molecule has 0 aliphatic heterocycles. The minimum absolute atomic E-state index is 0.142. The zero-order chi connectivity index (χ0) is 13.9. The predicted molar refractivity (Wildman–Crippen MR) is 69.1 cm³/mol. The fraction of sp³-hybridized carbons (Fsp3) is 0.583. The molecule has 0 aromatic carbocycles. The zero-order valence-corrected chi connectivity index (χ0v) is 11.1. The van der Waals surface area contributed by atoms with E-state index in [9.17, 15) is 4.79 Å². The van der Waals surface area contributed by atoms with Gasteiger partial charge in [0, 0.05) is 6.54 Å². The fourth-order valence-corrected chi connectivity index (χ4v) is 2.03. The highest BCUT2D eigenvalue weighted by Crippen LogP contribution is 2.40. The van der Waals surface area contributed by atoms with E-state index < -0.39 is 5.41 Å². The van der Waals surface area contributed by atoms with Crippen LogP contribution < -0.4 is 20.5 Å². The smallest absolute Gasteiger partial charge is 0.236 e. The molecule has 104 valence electrons. The van der Waals surface area contributed by atoms with Crippen LogP contribution in [0.15, 0.2) is 6.07 Å². The number of carbonyl (C=O) groups is 1. The van der Waals surface area contributed by atoms with Crippen molar-refractivity contribution in [2.45, 2.75) is 19.3 Å². The maximum Gasteiger partial charge on any atom is 0.236 e. The van der Waals surface area contributed by atoms with Gasteiger partial charge in [0.1, 0.15) is 0 Å². The van der Waals surface area contributed by atoms with E-state index in [1.807, 2.05) is 0 Å². The number of methoxy groups -OCH3 is 2. The molecule has 0 saturated heterocycles. The van der Waals surface area contributed by atoms with Crippen LogP contribution in [0.2, 0.25) is 0 Å². The van der Waals surface area contributed by atoms with Gasteiger partial charge < -0.3 is 15.2 Å². The minimum atomic E-state index is -0.473. The summed E-state index contributed by atoms with van der Waals surface area (Å²) in [7, 11) is 2.97. The Kier molecular flexibility index (Phi) is 3.84. The van der Waals surface area contributed by atoms with E-state index in [0.717, 1.165) is 19.3 Å². The Balaban J connectivity index is 2.16. The minimum Gasteiger partial charge on any atom is -0.481 e. The summed E-state index contributed by atoms with van der Waals surface area (Å²) in [6.45, 7) is 0.333. The number of hydrogen-bond donors (Lipinski definition) is 2. The van der Waals surface area contributed by atoms with Crippen molar-refractivity contribution in [1.82, 2.24) is 9.97 Å². The Morgan fingerprint density at radius 3 is 2.32 bits per heavy atom. The van der Waals surface area contributed by atoms with Gasteiger partial charge in [0.05, 0.1) is 25.7 Å². The van der Waals surface area contributed by atoms with Crippen LogP contribution in [0.3, 0.4) is 0 Å². The van der Waals surface area contributed by atoms with Gasteiger partial charge in [0.2, 0.25) is 23.6 Å². The van der Waals surface area contributed by atoms with Crippen molar-refractivity contribution in [3.8, 4) is 11.8 Å². The van der Waals surface area contributed by atoms with Crippen LogP contribution in [0.4, 0.5) is 5.95 Å². The highest BCUT2D eigenvalue weighted by Gasteiger charge is 2.43. The molecule has 1 aliphatic rings. The zero-order valence-electron chi connectivity index (χ0n) is 11.1. The van der Waals surface area contributed by atoms with Gasteiger partial charge in [-0.15, -0.1) is 0 Å². The molecule has 0 radical (unpaired) electrons. The third-order valence-electron chi connectivity index (χ3n) is 3.51. The Labute approximate surface area is 111 Å². The van der Waals surface area contributed by atoms with Crippen LogP contribution in [0, 0.1) is 5.41 Å². The van der Waals surface area contributed by atoms with Crippen LogP contribution in [0.5, 0.6) is 11.8 Å². The van der Waals surface area contributed by atoms with Crippen LogP contribution in [-0.4, -0.2) is 36.6 Å². The normalized spacial score (nSPS) is 16.4. The lowest BCUT2D eigenvalue weighted by atomic mass is 9.68. The summed E-state index contributed by atoms with van der Waals surface area (Å²) in [5, 5.41) is 2.68. The second-order valence-corrected chi connectivity index (χ2v) is 4.57. The largest absolute Gasteiger partial charge is 0.481 e.